The van der Waals surface area contributed by atoms with Crippen LogP contribution in [0.1, 0.15) is 22.9 Å². The summed E-state index contributed by atoms with van der Waals surface area (Å²) in [6, 6.07) is 8.24. The number of fused-ring (bicyclic) bond motifs is 2. The molecule has 1 N–H and O–H groups in total. The van der Waals surface area contributed by atoms with Gasteiger partial charge < -0.3 is 14.2 Å². The van der Waals surface area contributed by atoms with Gasteiger partial charge in [0, 0.05) is 18.8 Å². The maximum atomic E-state index is 13.3. The second kappa shape index (κ2) is 4.81. The molecule has 0 amide bonds. The van der Waals surface area contributed by atoms with Gasteiger partial charge in [0.1, 0.15) is 5.82 Å². The maximum absolute atomic E-state index is 13.3. The highest BCUT2D eigenvalue weighted by Gasteiger charge is 2.33. The fraction of sp³-hybridized carbons (Fsp3) is 0.235. The van der Waals surface area contributed by atoms with Crippen LogP contribution in [0.2, 0.25) is 0 Å². The van der Waals surface area contributed by atoms with Gasteiger partial charge in [-0.2, -0.15) is 0 Å². The minimum atomic E-state index is -0.687. The van der Waals surface area contributed by atoms with Gasteiger partial charge in [0.15, 0.2) is 17.5 Å². The summed E-state index contributed by atoms with van der Waals surface area (Å²) in [5.41, 5.74) is 3.23. The summed E-state index contributed by atoms with van der Waals surface area (Å²) in [7, 11) is 0. The van der Waals surface area contributed by atoms with E-state index in [1.165, 1.54) is 12.1 Å². The van der Waals surface area contributed by atoms with Crippen LogP contribution in [0.3, 0.4) is 0 Å². The fourth-order valence-electron chi connectivity index (χ4n) is 3.05. The number of nitrogens with zero attached hydrogens (tertiary/aromatic N) is 2. The van der Waals surface area contributed by atoms with E-state index in [0.717, 1.165) is 16.8 Å². The fourth-order valence-corrected chi connectivity index (χ4v) is 3.05. The molecule has 2 atom stereocenters. The molecule has 0 radical (unpaired) electrons. The number of halogens is 1. The van der Waals surface area contributed by atoms with E-state index in [-0.39, 0.29) is 5.82 Å². The Bertz CT molecular complexity index is 859. The van der Waals surface area contributed by atoms with Gasteiger partial charge in [-0.1, -0.05) is 6.07 Å². The highest BCUT2D eigenvalue weighted by Crippen LogP contribution is 2.36. The second-order valence-electron chi connectivity index (χ2n) is 5.64. The number of pyridine rings is 1. The lowest BCUT2D eigenvalue weighted by atomic mass is 10.1. The normalized spacial score (nSPS) is 20.3. The lowest BCUT2D eigenvalue weighted by Crippen LogP contribution is -2.19. The Hall–Kier alpha value is -2.40. The molecule has 0 saturated heterocycles. The molecule has 0 bridgehead atoms. The van der Waals surface area contributed by atoms with E-state index in [1.807, 2.05) is 35.9 Å². The van der Waals surface area contributed by atoms with Gasteiger partial charge in [-0.25, -0.2) is 9.37 Å². The number of imidazole rings is 1. The molecule has 2 heterocycles. The number of ether oxygens (including phenoxy) is 1. The van der Waals surface area contributed by atoms with Crippen molar-refractivity contribution in [3.05, 3.63) is 65.4 Å². The van der Waals surface area contributed by atoms with Crippen LogP contribution in [0.25, 0.3) is 5.65 Å². The minimum absolute atomic E-state index is 0.294. The molecular weight excluding hydrogens is 283 g/mol. The van der Waals surface area contributed by atoms with Crippen molar-refractivity contribution >= 4 is 5.65 Å². The topological polar surface area (TPSA) is 46.8 Å². The predicted octanol–water partition coefficient (Wildman–Crippen LogP) is 2.82. The Morgan fingerprint density at radius 3 is 3.09 bits per heavy atom. The van der Waals surface area contributed by atoms with Crippen molar-refractivity contribution in [3.63, 3.8) is 0 Å². The number of hydrogen-bond donors (Lipinski definition) is 1. The molecule has 0 fully saturated rings. The monoisotopic (exact) mass is 298 g/mol. The van der Waals surface area contributed by atoms with E-state index < -0.39 is 12.2 Å². The zero-order valence-corrected chi connectivity index (χ0v) is 12.0. The third-order valence-corrected chi connectivity index (χ3v) is 4.01. The molecule has 1 aliphatic carbocycles. The van der Waals surface area contributed by atoms with Gasteiger partial charge in [0.25, 0.3) is 0 Å². The third kappa shape index (κ3) is 2.05. The van der Waals surface area contributed by atoms with Crippen LogP contribution in [-0.2, 0) is 6.42 Å². The van der Waals surface area contributed by atoms with E-state index >= 15 is 0 Å². The van der Waals surface area contributed by atoms with Crippen LogP contribution < -0.4 is 4.74 Å². The molecule has 0 unspecified atom stereocenters. The molecule has 112 valence electrons. The first-order valence-corrected chi connectivity index (χ1v) is 7.19. The van der Waals surface area contributed by atoms with Crippen molar-refractivity contribution < 1.29 is 14.2 Å². The molecule has 0 saturated carbocycles. The van der Waals surface area contributed by atoms with Crippen molar-refractivity contribution in [2.45, 2.75) is 25.6 Å². The van der Waals surface area contributed by atoms with Crippen molar-refractivity contribution in [2.24, 2.45) is 0 Å². The van der Waals surface area contributed by atoms with E-state index in [0.29, 0.717) is 17.8 Å². The van der Waals surface area contributed by atoms with E-state index in [1.54, 1.807) is 6.07 Å². The summed E-state index contributed by atoms with van der Waals surface area (Å²) in [6.07, 6.45) is 3.02. The van der Waals surface area contributed by atoms with Gasteiger partial charge >= 0.3 is 0 Å². The maximum Gasteiger partial charge on any atom is 0.179 e. The molecule has 3 aromatic rings. The van der Waals surface area contributed by atoms with Gasteiger partial charge in [0.2, 0.25) is 0 Å². The van der Waals surface area contributed by atoms with Crippen LogP contribution >= 0.6 is 0 Å². The molecule has 5 heteroatoms. The van der Waals surface area contributed by atoms with Crippen molar-refractivity contribution in [3.8, 4) is 5.75 Å². The Balaban J connectivity index is 1.74. The number of aryl methyl sites for hydroxylation is 1. The number of aliphatic hydroxyl groups is 1. The zero-order chi connectivity index (χ0) is 15.3. The van der Waals surface area contributed by atoms with Crippen LogP contribution in [0.4, 0.5) is 4.39 Å². The van der Waals surface area contributed by atoms with Crippen LogP contribution in [0.15, 0.2) is 42.7 Å². The molecule has 0 spiro atoms. The largest absolute Gasteiger partial charge is 0.479 e. The zero-order valence-electron chi connectivity index (χ0n) is 12.0. The van der Waals surface area contributed by atoms with Crippen LogP contribution in [0.5, 0.6) is 5.75 Å². The highest BCUT2D eigenvalue weighted by molar-refractivity contribution is 5.55. The summed E-state index contributed by atoms with van der Waals surface area (Å²) >= 11 is 0. The van der Waals surface area contributed by atoms with Gasteiger partial charge in [-0.3, -0.25) is 0 Å². The summed E-state index contributed by atoms with van der Waals surface area (Å²) in [6.45, 7) is 1.92. The summed E-state index contributed by atoms with van der Waals surface area (Å²) in [5.74, 6) is 0.314. The molecular formula is C17H15FN2O2. The number of benzene rings is 1. The summed E-state index contributed by atoms with van der Waals surface area (Å²) in [5, 5.41) is 10.3. The lowest BCUT2D eigenvalue weighted by Gasteiger charge is -2.18. The summed E-state index contributed by atoms with van der Waals surface area (Å²) < 4.78 is 21.2. The second-order valence-corrected chi connectivity index (χ2v) is 5.64. The molecule has 22 heavy (non-hydrogen) atoms. The first-order chi connectivity index (χ1) is 10.6. The SMILES string of the molecule is Cc1cn2cccc(O[C@@H]3c4ccc(F)cc4C[C@H]3O)c2n1. The Morgan fingerprint density at radius 2 is 2.23 bits per heavy atom. The van der Waals surface area contributed by atoms with Crippen molar-refractivity contribution in [1.82, 2.24) is 9.38 Å². The average Bonchev–Trinajstić information content (AvgIpc) is 2.99. The standard InChI is InChI=1S/C17H15FN2O2/c1-10-9-20-6-2-3-15(17(20)19-10)22-16-13-5-4-12(18)7-11(13)8-14(16)21/h2-7,9,14,16,21H,8H2,1H3/t14-,16-/m1/s1. The van der Waals surface area contributed by atoms with Crippen LogP contribution in [-0.4, -0.2) is 20.6 Å². The minimum Gasteiger partial charge on any atom is -0.479 e. The number of rotatable bonds is 2. The number of aromatic nitrogens is 2. The van der Waals surface area contributed by atoms with E-state index in [2.05, 4.69) is 4.98 Å². The molecule has 4 rings (SSSR count). The van der Waals surface area contributed by atoms with E-state index in [4.69, 9.17) is 4.74 Å². The Kier molecular flexibility index (Phi) is 2.90. The van der Waals surface area contributed by atoms with Crippen molar-refractivity contribution in [1.29, 1.82) is 0 Å². The molecule has 2 aromatic heterocycles. The first-order valence-electron chi connectivity index (χ1n) is 7.19. The van der Waals surface area contributed by atoms with Gasteiger partial charge in [-0.05, 0) is 42.3 Å². The molecule has 1 aromatic carbocycles. The number of aliphatic hydroxyl groups excluding tert-OH is 1. The molecule has 1 aliphatic rings. The van der Waals surface area contributed by atoms with Gasteiger partial charge in [-0.15, -0.1) is 0 Å². The van der Waals surface area contributed by atoms with Gasteiger partial charge in [0.05, 0.1) is 11.8 Å². The van der Waals surface area contributed by atoms with Crippen molar-refractivity contribution in [2.75, 3.05) is 0 Å². The molecule has 4 nitrogen and oxygen atoms in total. The number of hydrogen-bond acceptors (Lipinski definition) is 3. The average molecular weight is 298 g/mol. The Morgan fingerprint density at radius 1 is 1.36 bits per heavy atom. The lowest BCUT2D eigenvalue weighted by molar-refractivity contribution is 0.0502. The van der Waals surface area contributed by atoms with Crippen LogP contribution in [0, 0.1) is 12.7 Å². The third-order valence-electron chi connectivity index (χ3n) is 4.01. The smallest absolute Gasteiger partial charge is 0.179 e. The quantitative estimate of drug-likeness (QED) is 0.791. The summed E-state index contributed by atoms with van der Waals surface area (Å²) in [4.78, 5) is 4.45. The predicted molar refractivity (Wildman–Crippen MR) is 79.4 cm³/mol. The first kappa shape index (κ1) is 13.3. The molecule has 0 aliphatic heterocycles. The highest BCUT2D eigenvalue weighted by atomic mass is 19.1. The van der Waals surface area contributed by atoms with E-state index in [9.17, 15) is 9.50 Å². The Labute approximate surface area is 126 Å².